The number of hydrogen-bond acceptors (Lipinski definition) is 7. The van der Waals surface area contributed by atoms with Crippen LogP contribution in [0.15, 0.2) is 28.4 Å². The lowest BCUT2D eigenvalue weighted by Crippen LogP contribution is -2.45. The molecule has 116 valence electrons. The van der Waals surface area contributed by atoms with E-state index < -0.39 is 23.5 Å². The van der Waals surface area contributed by atoms with E-state index in [2.05, 4.69) is 31.1 Å². The zero-order valence-corrected chi connectivity index (χ0v) is 11.3. The molecule has 0 aromatic heterocycles. The Hall–Kier alpha value is -3.04. The van der Waals surface area contributed by atoms with Gasteiger partial charge >= 0.3 is 5.97 Å². The van der Waals surface area contributed by atoms with Gasteiger partial charge in [0.25, 0.3) is 11.7 Å². The van der Waals surface area contributed by atoms with Crippen molar-refractivity contribution in [3.05, 3.63) is 35.4 Å². The summed E-state index contributed by atoms with van der Waals surface area (Å²) in [5.41, 5.74) is 4.74. The number of methoxy groups -OCH3 is 1. The number of benzene rings is 1. The molecule has 8 nitrogen and oxygen atoms in total. The van der Waals surface area contributed by atoms with Crippen molar-refractivity contribution in [2.45, 2.75) is 6.54 Å². The van der Waals surface area contributed by atoms with E-state index in [1.54, 1.807) is 0 Å². The maximum Gasteiger partial charge on any atom is 0.377 e. The molecule has 10 heteroatoms. The molecule has 0 saturated carbocycles. The minimum atomic E-state index is -0.758. The highest BCUT2D eigenvalue weighted by Gasteiger charge is 2.19. The van der Waals surface area contributed by atoms with Crippen LogP contribution in [0.5, 0.6) is 0 Å². The molecule has 0 radical (unpaired) electrons. The fraction of sp³-hybridized carbons (Fsp3) is 0.167. The van der Waals surface area contributed by atoms with Crippen LogP contribution in [0.25, 0.3) is 0 Å². The van der Waals surface area contributed by atoms with Crippen molar-refractivity contribution in [3.8, 4) is 0 Å². The summed E-state index contributed by atoms with van der Waals surface area (Å²) in [5, 5.41) is 9.54. The monoisotopic (exact) mass is 311 g/mol. The zero-order valence-electron chi connectivity index (χ0n) is 11.3. The zero-order chi connectivity index (χ0) is 16.1. The second-order valence-electron chi connectivity index (χ2n) is 4.10. The van der Waals surface area contributed by atoms with E-state index in [4.69, 9.17) is 0 Å². The molecule has 1 aromatic rings. The highest BCUT2D eigenvalue weighted by molar-refractivity contribution is 6.41. The first kappa shape index (κ1) is 15.4. The molecule has 22 heavy (non-hydrogen) atoms. The van der Waals surface area contributed by atoms with Gasteiger partial charge in [0, 0.05) is 12.6 Å². The molecule has 1 heterocycles. The topological polar surface area (TPSA) is 104 Å². The minimum Gasteiger partial charge on any atom is -0.463 e. The highest BCUT2D eigenvalue weighted by Crippen LogP contribution is 2.07. The predicted molar refractivity (Wildman–Crippen MR) is 71.4 cm³/mol. The molecule has 0 unspecified atom stereocenters. The number of hydrogen-bond donors (Lipinski definition) is 3. The normalized spacial score (nSPS) is 13.2. The highest BCUT2D eigenvalue weighted by atomic mass is 19.1. The van der Waals surface area contributed by atoms with Gasteiger partial charge in [-0.25, -0.2) is 13.6 Å². The Morgan fingerprint density at radius 2 is 1.73 bits per heavy atom. The molecule has 0 aliphatic carbocycles. The molecule has 1 amide bonds. The van der Waals surface area contributed by atoms with Crippen LogP contribution in [0.2, 0.25) is 0 Å². The van der Waals surface area contributed by atoms with Gasteiger partial charge in [-0.15, -0.1) is 10.2 Å². The van der Waals surface area contributed by atoms with E-state index in [9.17, 15) is 18.4 Å². The molecule has 1 aliphatic rings. The maximum absolute atomic E-state index is 13.0. The fourth-order valence-corrected chi connectivity index (χ4v) is 1.54. The number of nitrogens with one attached hydrogen (secondary N) is 3. The molecular formula is C12H11F2N5O3. The number of hydrazone groups is 2. The van der Waals surface area contributed by atoms with Crippen molar-refractivity contribution in [2.75, 3.05) is 7.11 Å². The summed E-state index contributed by atoms with van der Waals surface area (Å²) in [7, 11) is 1.16. The Labute approximate surface area is 123 Å². The second-order valence-corrected chi connectivity index (χ2v) is 4.10. The summed E-state index contributed by atoms with van der Waals surface area (Å²) in [6, 6.07) is 2.90. The molecule has 0 bridgehead atoms. The van der Waals surface area contributed by atoms with E-state index in [-0.39, 0.29) is 23.8 Å². The van der Waals surface area contributed by atoms with E-state index in [1.807, 2.05) is 0 Å². The largest absolute Gasteiger partial charge is 0.463 e. The Kier molecular flexibility index (Phi) is 4.61. The van der Waals surface area contributed by atoms with Crippen molar-refractivity contribution >= 4 is 23.5 Å². The number of esters is 1. The molecule has 2 rings (SSSR count). The van der Waals surface area contributed by atoms with Gasteiger partial charge in [0.1, 0.15) is 11.6 Å². The standard InChI is InChI=1S/C12H11F2N5O3/c1-22-12(21)10-18-16-9(17-19-10)11(20)15-5-6-2-7(13)4-8(14)3-6/h2-4H,5H2,1H3,(H,15,20)(H,16,17)(H,18,19). The van der Waals surface area contributed by atoms with Crippen LogP contribution in [0.3, 0.4) is 0 Å². The van der Waals surface area contributed by atoms with Gasteiger partial charge in [0.05, 0.1) is 7.11 Å². The molecule has 0 fully saturated rings. The molecule has 1 aliphatic heterocycles. The van der Waals surface area contributed by atoms with Gasteiger partial charge in [-0.3, -0.25) is 15.6 Å². The van der Waals surface area contributed by atoms with Crippen LogP contribution >= 0.6 is 0 Å². The van der Waals surface area contributed by atoms with Crippen molar-refractivity contribution in [1.29, 1.82) is 0 Å². The van der Waals surface area contributed by atoms with Gasteiger partial charge in [0.2, 0.25) is 5.84 Å². The lowest BCUT2D eigenvalue weighted by molar-refractivity contribution is -0.133. The SMILES string of the molecule is COC(=O)C1=NNC(C(=O)NCc2cc(F)cc(F)c2)=NN1. The summed E-state index contributed by atoms with van der Waals surface area (Å²) in [5.74, 6) is -3.36. The molecule has 0 saturated heterocycles. The number of amides is 1. The average molecular weight is 311 g/mol. The Bertz CT molecular complexity index is 654. The third-order valence-electron chi connectivity index (χ3n) is 2.52. The van der Waals surface area contributed by atoms with Crippen LogP contribution in [0.1, 0.15) is 5.56 Å². The number of carbonyl (C=O) groups excluding carboxylic acids is 2. The number of rotatable bonds is 4. The Morgan fingerprint density at radius 1 is 1.14 bits per heavy atom. The molecule has 0 spiro atoms. The van der Waals surface area contributed by atoms with Crippen LogP contribution < -0.4 is 16.2 Å². The number of carbonyl (C=O) groups is 2. The molecule has 1 aromatic carbocycles. The van der Waals surface area contributed by atoms with E-state index >= 15 is 0 Å². The summed E-state index contributed by atoms with van der Waals surface area (Å²) >= 11 is 0. The van der Waals surface area contributed by atoms with Crippen molar-refractivity contribution in [2.24, 2.45) is 10.2 Å². The second kappa shape index (κ2) is 6.61. The van der Waals surface area contributed by atoms with Gasteiger partial charge in [-0.1, -0.05) is 0 Å². The fourth-order valence-electron chi connectivity index (χ4n) is 1.54. The molecule has 3 N–H and O–H groups in total. The van der Waals surface area contributed by atoms with Gasteiger partial charge < -0.3 is 10.1 Å². The number of nitrogens with zero attached hydrogens (tertiary/aromatic N) is 2. The van der Waals surface area contributed by atoms with Crippen molar-refractivity contribution in [3.63, 3.8) is 0 Å². The number of ether oxygens (including phenoxy) is 1. The van der Waals surface area contributed by atoms with Gasteiger partial charge in [0.15, 0.2) is 0 Å². The third kappa shape index (κ3) is 3.75. The summed E-state index contributed by atoms with van der Waals surface area (Å²) in [4.78, 5) is 22.9. The first-order chi connectivity index (χ1) is 10.5. The third-order valence-corrected chi connectivity index (χ3v) is 2.52. The first-order valence-electron chi connectivity index (χ1n) is 5.98. The molecular weight excluding hydrogens is 300 g/mol. The Morgan fingerprint density at radius 3 is 2.27 bits per heavy atom. The van der Waals surface area contributed by atoms with E-state index in [1.165, 1.54) is 0 Å². The minimum absolute atomic E-state index is 0.109. The summed E-state index contributed by atoms with van der Waals surface area (Å²) in [6.07, 6.45) is 0. The molecule has 0 atom stereocenters. The van der Waals surface area contributed by atoms with Crippen LogP contribution in [0, 0.1) is 11.6 Å². The average Bonchev–Trinajstić information content (AvgIpc) is 2.51. The number of halogens is 2. The number of amidine groups is 2. The van der Waals surface area contributed by atoms with Crippen molar-refractivity contribution in [1.82, 2.24) is 16.2 Å². The summed E-state index contributed by atoms with van der Waals surface area (Å²) in [6.45, 7) is -0.109. The van der Waals surface area contributed by atoms with E-state index in [0.29, 0.717) is 0 Å². The van der Waals surface area contributed by atoms with Crippen LogP contribution in [-0.4, -0.2) is 30.7 Å². The predicted octanol–water partition coefficient (Wildman–Crippen LogP) is -0.426. The summed E-state index contributed by atoms with van der Waals surface area (Å²) < 4.78 is 30.4. The quantitative estimate of drug-likeness (QED) is 0.655. The van der Waals surface area contributed by atoms with Crippen molar-refractivity contribution < 1.29 is 23.1 Å². The maximum atomic E-state index is 13.0. The lowest BCUT2D eigenvalue weighted by atomic mass is 10.2. The van der Waals surface area contributed by atoms with Gasteiger partial charge in [-0.2, -0.15) is 0 Å². The van der Waals surface area contributed by atoms with Gasteiger partial charge in [-0.05, 0) is 17.7 Å². The first-order valence-corrected chi connectivity index (χ1v) is 5.98. The lowest BCUT2D eigenvalue weighted by Gasteiger charge is -2.13. The smallest absolute Gasteiger partial charge is 0.377 e. The van der Waals surface area contributed by atoms with Crippen LogP contribution in [0.4, 0.5) is 8.78 Å². The van der Waals surface area contributed by atoms with E-state index in [0.717, 1.165) is 25.3 Å². The Balaban J connectivity index is 1.91. The van der Waals surface area contributed by atoms with Crippen LogP contribution in [-0.2, 0) is 20.9 Å².